The van der Waals surface area contributed by atoms with E-state index >= 15 is 0 Å². The summed E-state index contributed by atoms with van der Waals surface area (Å²) in [5.41, 5.74) is 2.73. The molecule has 0 aliphatic heterocycles. The van der Waals surface area contributed by atoms with Crippen molar-refractivity contribution in [2.75, 3.05) is 5.32 Å². The maximum Gasteiger partial charge on any atom is 0.414 e. The molecule has 0 atom stereocenters. The fourth-order valence-electron chi connectivity index (χ4n) is 2.36. The molecular formula is C17H16BrN3O2. The number of amides is 1. The number of benzene rings is 2. The van der Waals surface area contributed by atoms with Gasteiger partial charge in [-0.15, -0.1) is 0 Å². The van der Waals surface area contributed by atoms with E-state index < -0.39 is 6.09 Å². The maximum atomic E-state index is 12.0. The summed E-state index contributed by atoms with van der Waals surface area (Å²) in [6.45, 7) is 2.92. The zero-order valence-electron chi connectivity index (χ0n) is 12.6. The van der Waals surface area contributed by atoms with Gasteiger partial charge in [0.1, 0.15) is 6.61 Å². The predicted octanol–water partition coefficient (Wildman–Crippen LogP) is 4.57. The Morgan fingerprint density at radius 2 is 2.04 bits per heavy atom. The van der Waals surface area contributed by atoms with Crippen LogP contribution in [0.4, 0.5) is 10.7 Å². The van der Waals surface area contributed by atoms with E-state index in [4.69, 9.17) is 4.74 Å². The van der Waals surface area contributed by atoms with Crippen LogP contribution >= 0.6 is 15.9 Å². The summed E-state index contributed by atoms with van der Waals surface area (Å²) in [7, 11) is 0. The van der Waals surface area contributed by atoms with Gasteiger partial charge in [0, 0.05) is 11.0 Å². The molecule has 0 saturated heterocycles. The molecule has 118 valence electrons. The summed E-state index contributed by atoms with van der Waals surface area (Å²) in [4.78, 5) is 16.5. The molecule has 0 fully saturated rings. The number of ether oxygens (including phenoxy) is 1. The van der Waals surface area contributed by atoms with Crippen LogP contribution in [0.15, 0.2) is 53.0 Å². The number of hydrogen-bond donors (Lipinski definition) is 1. The van der Waals surface area contributed by atoms with Gasteiger partial charge in [-0.3, -0.25) is 5.32 Å². The first-order chi connectivity index (χ1) is 11.2. The Morgan fingerprint density at radius 1 is 1.26 bits per heavy atom. The second kappa shape index (κ2) is 6.83. The highest BCUT2D eigenvalue weighted by Crippen LogP contribution is 2.23. The first-order valence-corrected chi connectivity index (χ1v) is 8.10. The molecule has 0 unspecified atom stereocenters. The monoisotopic (exact) mass is 373 g/mol. The van der Waals surface area contributed by atoms with Crippen molar-refractivity contribution >= 4 is 39.0 Å². The quantitative estimate of drug-likeness (QED) is 0.728. The van der Waals surface area contributed by atoms with Crippen molar-refractivity contribution in [2.24, 2.45) is 0 Å². The summed E-state index contributed by atoms with van der Waals surface area (Å²) in [5, 5.41) is 2.72. The summed E-state index contributed by atoms with van der Waals surface area (Å²) >= 11 is 3.45. The summed E-state index contributed by atoms with van der Waals surface area (Å²) in [5.74, 6) is 0.485. The number of nitrogens with zero attached hydrogens (tertiary/aromatic N) is 2. The molecule has 2 aromatic carbocycles. The van der Waals surface area contributed by atoms with Crippen LogP contribution in [0.1, 0.15) is 12.5 Å². The van der Waals surface area contributed by atoms with Crippen LogP contribution in [0.25, 0.3) is 11.0 Å². The highest BCUT2D eigenvalue weighted by Gasteiger charge is 2.13. The standard InChI is InChI=1S/C17H16BrN3O2/c1-2-21-15-10-13(18)8-9-14(15)19-16(21)20-17(22)23-11-12-6-4-3-5-7-12/h3-10H,2,11H2,1H3,(H,19,20,22). The van der Waals surface area contributed by atoms with Gasteiger partial charge in [-0.1, -0.05) is 46.3 Å². The zero-order chi connectivity index (χ0) is 16.2. The highest BCUT2D eigenvalue weighted by molar-refractivity contribution is 9.10. The molecule has 1 aromatic heterocycles. The van der Waals surface area contributed by atoms with Crippen LogP contribution in [0, 0.1) is 0 Å². The van der Waals surface area contributed by atoms with Gasteiger partial charge >= 0.3 is 6.09 Å². The number of hydrogen-bond acceptors (Lipinski definition) is 3. The SMILES string of the molecule is CCn1c(NC(=O)OCc2ccccc2)nc2ccc(Br)cc21. The number of carbonyl (C=O) groups excluding carboxylic acids is 1. The van der Waals surface area contributed by atoms with Gasteiger partial charge in [0.25, 0.3) is 0 Å². The van der Waals surface area contributed by atoms with E-state index in [1.165, 1.54) is 0 Å². The Labute approximate surface area is 142 Å². The van der Waals surface area contributed by atoms with Gasteiger partial charge in [0.05, 0.1) is 11.0 Å². The number of rotatable bonds is 4. The number of carbonyl (C=O) groups is 1. The maximum absolute atomic E-state index is 12.0. The van der Waals surface area contributed by atoms with E-state index in [2.05, 4.69) is 26.2 Å². The van der Waals surface area contributed by atoms with Crippen LogP contribution in [0.5, 0.6) is 0 Å². The largest absolute Gasteiger partial charge is 0.444 e. The third kappa shape index (κ3) is 3.53. The smallest absolute Gasteiger partial charge is 0.414 e. The van der Waals surface area contributed by atoms with Gasteiger partial charge in [-0.05, 0) is 30.7 Å². The molecule has 0 aliphatic rings. The summed E-state index contributed by atoms with van der Waals surface area (Å²) < 4.78 is 8.14. The third-order valence-electron chi connectivity index (χ3n) is 3.45. The van der Waals surface area contributed by atoms with Gasteiger partial charge in [-0.25, -0.2) is 9.78 Å². The van der Waals surface area contributed by atoms with Crippen molar-refractivity contribution in [1.82, 2.24) is 9.55 Å². The molecule has 0 aliphatic carbocycles. The zero-order valence-corrected chi connectivity index (χ0v) is 14.2. The molecule has 1 N–H and O–H groups in total. The number of imidazole rings is 1. The van der Waals surface area contributed by atoms with E-state index in [9.17, 15) is 4.79 Å². The van der Waals surface area contributed by atoms with Crippen molar-refractivity contribution < 1.29 is 9.53 Å². The minimum atomic E-state index is -0.516. The van der Waals surface area contributed by atoms with Crippen LogP contribution in [0.2, 0.25) is 0 Å². The summed E-state index contributed by atoms with van der Waals surface area (Å²) in [6.07, 6.45) is -0.516. The van der Waals surface area contributed by atoms with E-state index in [0.29, 0.717) is 12.5 Å². The fourth-order valence-corrected chi connectivity index (χ4v) is 2.71. The second-order valence-electron chi connectivity index (χ2n) is 5.00. The Hall–Kier alpha value is -2.34. The molecule has 23 heavy (non-hydrogen) atoms. The lowest BCUT2D eigenvalue weighted by Crippen LogP contribution is -2.16. The number of aryl methyl sites for hydroxylation is 1. The first-order valence-electron chi connectivity index (χ1n) is 7.31. The minimum absolute atomic E-state index is 0.227. The highest BCUT2D eigenvalue weighted by atomic mass is 79.9. The van der Waals surface area contributed by atoms with Crippen molar-refractivity contribution in [3.05, 3.63) is 58.6 Å². The van der Waals surface area contributed by atoms with Crippen LogP contribution in [-0.4, -0.2) is 15.6 Å². The molecule has 6 heteroatoms. The van der Waals surface area contributed by atoms with E-state index in [-0.39, 0.29) is 6.61 Å². The van der Waals surface area contributed by atoms with Gasteiger partial charge < -0.3 is 9.30 Å². The van der Waals surface area contributed by atoms with Crippen LogP contribution < -0.4 is 5.32 Å². The van der Waals surface area contributed by atoms with Crippen molar-refractivity contribution in [1.29, 1.82) is 0 Å². The molecule has 0 saturated carbocycles. The Morgan fingerprint density at radius 3 is 2.78 bits per heavy atom. The first kappa shape index (κ1) is 15.6. The number of fused-ring (bicyclic) bond motifs is 1. The molecular weight excluding hydrogens is 358 g/mol. The van der Waals surface area contributed by atoms with Gasteiger partial charge in [0.2, 0.25) is 5.95 Å². The molecule has 0 spiro atoms. The lowest BCUT2D eigenvalue weighted by molar-refractivity contribution is 0.155. The Balaban J connectivity index is 1.74. The average molecular weight is 374 g/mol. The van der Waals surface area contributed by atoms with E-state index in [0.717, 1.165) is 21.1 Å². The molecule has 5 nitrogen and oxygen atoms in total. The number of nitrogens with one attached hydrogen (secondary N) is 1. The average Bonchev–Trinajstić information content (AvgIpc) is 2.90. The van der Waals surface area contributed by atoms with Gasteiger partial charge in [-0.2, -0.15) is 0 Å². The van der Waals surface area contributed by atoms with Gasteiger partial charge in [0.15, 0.2) is 0 Å². The normalized spacial score (nSPS) is 10.7. The molecule has 1 heterocycles. The Bertz CT molecular complexity index is 830. The minimum Gasteiger partial charge on any atom is -0.444 e. The van der Waals surface area contributed by atoms with Crippen LogP contribution in [-0.2, 0) is 17.9 Å². The van der Waals surface area contributed by atoms with Crippen molar-refractivity contribution in [3.8, 4) is 0 Å². The van der Waals surface area contributed by atoms with E-state index in [1.54, 1.807) is 0 Å². The fraction of sp³-hybridized carbons (Fsp3) is 0.176. The molecule has 3 aromatic rings. The Kier molecular flexibility index (Phi) is 4.62. The number of halogens is 1. The molecule has 0 radical (unpaired) electrons. The third-order valence-corrected chi connectivity index (χ3v) is 3.95. The van der Waals surface area contributed by atoms with Crippen LogP contribution in [0.3, 0.4) is 0 Å². The molecule has 0 bridgehead atoms. The summed E-state index contributed by atoms with van der Waals surface area (Å²) in [6, 6.07) is 15.4. The number of aromatic nitrogens is 2. The van der Waals surface area contributed by atoms with Crippen molar-refractivity contribution in [3.63, 3.8) is 0 Å². The lowest BCUT2D eigenvalue weighted by atomic mass is 10.2. The second-order valence-corrected chi connectivity index (χ2v) is 5.92. The van der Waals surface area contributed by atoms with E-state index in [1.807, 2.05) is 60.0 Å². The predicted molar refractivity (Wildman–Crippen MR) is 93.4 cm³/mol. The lowest BCUT2D eigenvalue weighted by Gasteiger charge is -2.08. The van der Waals surface area contributed by atoms with Crippen molar-refractivity contribution in [2.45, 2.75) is 20.1 Å². The number of anilines is 1. The molecule has 3 rings (SSSR count). The molecule has 1 amide bonds. The topological polar surface area (TPSA) is 56.2 Å².